The number of halogens is 1. The van der Waals surface area contributed by atoms with Gasteiger partial charge in [-0.25, -0.2) is 0 Å². The molecule has 116 heavy (non-hydrogen) atoms. The third-order valence-electron chi connectivity index (χ3n) is 20.4. The van der Waals surface area contributed by atoms with Gasteiger partial charge in [-0.3, -0.25) is 14.4 Å². The summed E-state index contributed by atoms with van der Waals surface area (Å²) in [5, 5.41) is 27.5. The van der Waals surface area contributed by atoms with Gasteiger partial charge in [-0.2, -0.15) is 0 Å². The van der Waals surface area contributed by atoms with Gasteiger partial charge in [0.2, 0.25) is 0 Å². The Morgan fingerprint density at radius 3 is 1.14 bits per heavy atom. The Kier molecular flexibility index (Phi) is 38.8. The van der Waals surface area contributed by atoms with E-state index in [1.807, 2.05) is 85.8 Å². The Morgan fingerprint density at radius 2 is 0.784 bits per heavy atom. The molecule has 3 aliphatic rings. The third kappa shape index (κ3) is 26.7. The Hall–Kier alpha value is -9.71. The van der Waals surface area contributed by atoms with Crippen LogP contribution in [0.25, 0.3) is 22.3 Å². The van der Waals surface area contributed by atoms with Gasteiger partial charge >= 0.3 is 54.6 Å². The van der Waals surface area contributed by atoms with E-state index in [1.165, 1.54) is 69.9 Å². The van der Waals surface area contributed by atoms with Crippen LogP contribution in [0.4, 0.5) is 0 Å². The predicted octanol–water partition coefficient (Wildman–Crippen LogP) is 17.9. The molecule has 3 unspecified atom stereocenters. The quantitative estimate of drug-likeness (QED) is 0.0165. The summed E-state index contributed by atoms with van der Waals surface area (Å²) < 4.78 is 47.7. The van der Waals surface area contributed by atoms with Gasteiger partial charge in [-0.05, 0) is 233 Å². The first kappa shape index (κ1) is 93.5. The average molecular weight is 1640 g/mol. The predicted molar refractivity (Wildman–Crippen MR) is 460 cm³/mol. The number of ether oxygens (including phenoxy) is 8. The molecule has 6 atom stereocenters. The normalized spacial score (nSPS) is 14.3. The number of aliphatic carboxylic acids is 1. The van der Waals surface area contributed by atoms with Gasteiger partial charge in [0.1, 0.15) is 52.8 Å². The SMILES string of the molecule is CC#C[C@@H](CC(=O)O)c1ccc(OC2CCc3c(-c4cc(C)ccc4OCCCC)cccc32)cc1.CC#C[C@@H](CC(=O)OC)c1ccc(OC2CCc3c(-c4cc(C)ccc4OCCCC)cccc32)cc1.CC#C[C@@H](CC(=O)OC)c1ccc(OC2CCc3c(Br)cccc32)cc1.CCCCOc1ccc(C)cc1B(O)O.[Na+].[OH-]. The molecule has 0 amide bonds. The minimum Gasteiger partial charge on any atom is -0.870 e. The van der Waals surface area contributed by atoms with Crippen molar-refractivity contribution in [3.63, 3.8) is 0 Å². The van der Waals surface area contributed by atoms with E-state index in [4.69, 9.17) is 47.9 Å². The van der Waals surface area contributed by atoms with Gasteiger partial charge in [0.25, 0.3) is 0 Å². The molecule has 0 heterocycles. The molecule has 15 nitrogen and oxygen atoms in total. The first-order valence-corrected chi connectivity index (χ1v) is 40.6. The Labute approximate surface area is 717 Å². The molecule has 12 rings (SSSR count). The maximum atomic E-state index is 11.8. The number of methoxy groups -OCH3 is 2. The number of carboxylic acids is 1. The molecule has 0 aliphatic heterocycles. The standard InChI is InChI=1S/C33H36O4.C32H34O4.C22H21BrO3.C11H17BO3.Na.H2O/c1-5-7-20-36-31-18-12-23(3)21-30(31)27-10-8-11-29-28(27)17-19-32(29)37-26-15-13-24(14-16-26)25(9-6-2)22-33(34)35-4;1-4-6-19-35-30-17-11-22(3)20-29(30)26-9-7-10-28-27(26)16-18-31(28)36-25-14-12-23(13-15-25)24(8-5-2)21-32(33)34;1-3-5-16(14-22(24)25-2)15-8-10-17(11-9-15)26-21-13-12-18-19(21)6-4-7-20(18)23;1-3-4-7-15-11-6-5-9(2)8-10(11)12(13)14;;/h8,10-16,18,21,25,32H,5,7,17,19-20,22H2,1-4H3;7,9-15,17,20,24,31H,4,6,16,18-19,21H2,1-3H3,(H,33,34);4,6-11,16,21H,12-14H2,1-2H3;5-6,8,13-14H,3-4,7H2,1-2H3;;1H2/q;;;;+1;/p-1/t25-,32?;24-,31?;16-,21?;;;/m000.../s1. The molecule has 9 aromatic rings. The molecule has 0 bridgehead atoms. The second kappa shape index (κ2) is 48.1. The average Bonchev–Trinajstić information content (AvgIpc) is 1.60. The van der Waals surface area contributed by atoms with Crippen LogP contribution in [0.2, 0.25) is 0 Å². The van der Waals surface area contributed by atoms with Crippen molar-refractivity contribution in [1.29, 1.82) is 0 Å². The van der Waals surface area contributed by atoms with Crippen molar-refractivity contribution in [1.82, 2.24) is 0 Å². The van der Waals surface area contributed by atoms with Crippen LogP contribution >= 0.6 is 15.9 Å². The van der Waals surface area contributed by atoms with Crippen molar-refractivity contribution >= 4 is 46.4 Å². The van der Waals surface area contributed by atoms with Crippen LogP contribution in [0, 0.1) is 56.3 Å². The van der Waals surface area contributed by atoms with Crippen LogP contribution < -0.4 is 63.4 Å². The van der Waals surface area contributed by atoms with E-state index in [0.29, 0.717) is 17.8 Å². The summed E-state index contributed by atoms with van der Waals surface area (Å²) in [6.45, 7) is 19.9. The van der Waals surface area contributed by atoms with Crippen LogP contribution in [0.1, 0.15) is 221 Å². The molecule has 0 fully saturated rings. The number of fused-ring (bicyclic) bond motifs is 3. The fraction of sp³-hybridized carbons (Fsp3) is 0.357. The van der Waals surface area contributed by atoms with Crippen molar-refractivity contribution in [3.05, 3.63) is 253 Å². The Bertz CT molecular complexity index is 4870. The van der Waals surface area contributed by atoms with Gasteiger partial charge < -0.3 is 58.5 Å². The van der Waals surface area contributed by atoms with E-state index in [-0.39, 0.29) is 102 Å². The van der Waals surface area contributed by atoms with Crippen LogP contribution in [0.5, 0.6) is 34.5 Å². The van der Waals surface area contributed by atoms with Crippen molar-refractivity contribution in [2.24, 2.45) is 0 Å². The van der Waals surface area contributed by atoms with Gasteiger partial charge in [-0.1, -0.05) is 200 Å². The molecule has 0 aromatic heterocycles. The molecule has 0 saturated heterocycles. The summed E-state index contributed by atoms with van der Waals surface area (Å²) in [4.78, 5) is 34.6. The number of carbonyl (C=O) groups excluding carboxylic acids is 2. The summed E-state index contributed by atoms with van der Waals surface area (Å²) in [5.41, 5.74) is 19.2. The first-order valence-electron chi connectivity index (χ1n) is 39.8. The monoisotopic (exact) mass is 1640 g/mol. The van der Waals surface area contributed by atoms with E-state index in [1.54, 1.807) is 32.9 Å². The van der Waals surface area contributed by atoms with Gasteiger partial charge in [-0.15, -0.1) is 17.8 Å². The second-order valence-corrected chi connectivity index (χ2v) is 29.6. The number of esters is 2. The number of aryl methyl sites for hydroxylation is 3. The van der Waals surface area contributed by atoms with Crippen molar-refractivity contribution in [2.45, 2.75) is 195 Å². The number of carboxylic acid groups (broad SMARTS) is 1. The summed E-state index contributed by atoms with van der Waals surface area (Å²) in [6, 6.07) is 61.0. The maximum Gasteiger partial charge on any atom is 1.00 e. The van der Waals surface area contributed by atoms with E-state index in [2.05, 4.69) is 177 Å². The topological polar surface area (TPSA) is 216 Å². The minimum atomic E-state index is -1.47. The molecule has 9 aromatic carbocycles. The van der Waals surface area contributed by atoms with Crippen molar-refractivity contribution < 1.29 is 102 Å². The maximum absolute atomic E-state index is 11.8. The Morgan fingerprint density at radius 1 is 0.448 bits per heavy atom. The zero-order valence-corrected chi connectivity index (χ0v) is 72.8. The zero-order valence-electron chi connectivity index (χ0n) is 69.2. The Balaban J connectivity index is 0.000000222. The fourth-order valence-corrected chi connectivity index (χ4v) is 15.0. The summed E-state index contributed by atoms with van der Waals surface area (Å²) >= 11 is 3.62. The number of hydrogen-bond acceptors (Lipinski definition) is 14. The van der Waals surface area contributed by atoms with Gasteiger partial charge in [0.15, 0.2) is 0 Å². The van der Waals surface area contributed by atoms with Crippen molar-refractivity contribution in [3.8, 4) is 92.3 Å². The van der Waals surface area contributed by atoms with Crippen molar-refractivity contribution in [2.75, 3.05) is 34.0 Å². The van der Waals surface area contributed by atoms with Crippen LogP contribution in [0.3, 0.4) is 0 Å². The largest absolute Gasteiger partial charge is 1.00 e. The minimum absolute atomic E-state index is 0. The van der Waals surface area contributed by atoms with Crippen LogP contribution in [-0.2, 0) is 43.1 Å². The van der Waals surface area contributed by atoms with E-state index < -0.39 is 13.1 Å². The smallest absolute Gasteiger partial charge is 0.870 e. The summed E-state index contributed by atoms with van der Waals surface area (Å²) in [5.74, 6) is 20.7. The van der Waals surface area contributed by atoms with Gasteiger partial charge in [0, 0.05) is 21.1 Å². The van der Waals surface area contributed by atoms with E-state index in [9.17, 15) is 19.5 Å². The summed E-state index contributed by atoms with van der Waals surface area (Å²) in [7, 11) is 1.33. The molecule has 0 saturated carbocycles. The first-order chi connectivity index (χ1) is 55.3. The van der Waals surface area contributed by atoms with Crippen LogP contribution in [0.15, 0.2) is 186 Å². The molecule has 0 radical (unpaired) electrons. The van der Waals surface area contributed by atoms with Gasteiger partial charge in [0.05, 0.1) is 71.1 Å². The van der Waals surface area contributed by atoms with Crippen LogP contribution in [-0.4, -0.2) is 79.7 Å². The molecule has 18 heteroatoms. The number of rotatable bonds is 30. The number of carbonyl (C=O) groups is 3. The van der Waals surface area contributed by atoms with E-state index >= 15 is 0 Å². The summed E-state index contributed by atoms with van der Waals surface area (Å²) in [6.07, 6.45) is 12.6. The number of unbranched alkanes of at least 4 members (excludes halogenated alkanes) is 3. The molecule has 0 spiro atoms. The zero-order chi connectivity index (χ0) is 81.5. The molecule has 602 valence electrons. The second-order valence-electron chi connectivity index (χ2n) is 28.7. The molecular formula is C98H109BBrNaO15. The number of benzene rings is 9. The molecular weight excluding hydrogens is 1530 g/mol. The third-order valence-corrected chi connectivity index (χ3v) is 21.1. The van der Waals surface area contributed by atoms with E-state index in [0.717, 1.165) is 157 Å². The molecule has 4 N–H and O–H groups in total. The molecule has 3 aliphatic carbocycles. The number of hydrogen-bond donors (Lipinski definition) is 3. The fourth-order valence-electron chi connectivity index (χ4n) is 14.4.